The Bertz CT molecular complexity index is 2790. The molecule has 0 radical (unpaired) electrons. The SMILES string of the molecule is C=C(NC(=NC(C)(C)c1cccc2c1oc1ccccc12)c1ccc(-c2ccccc2)cc1)c1cccc2c1c1ccccc1n2-c1ccccc1. The lowest BCUT2D eigenvalue weighted by Gasteiger charge is -2.24. The summed E-state index contributed by atoms with van der Waals surface area (Å²) in [5, 5.41) is 8.23. The Morgan fingerprint density at radius 1 is 0.596 bits per heavy atom. The Morgan fingerprint density at radius 2 is 1.21 bits per heavy atom. The molecule has 4 nitrogen and oxygen atoms in total. The molecule has 0 saturated carbocycles. The smallest absolute Gasteiger partial charge is 0.141 e. The van der Waals surface area contributed by atoms with Crippen molar-refractivity contribution in [3.8, 4) is 16.8 Å². The van der Waals surface area contributed by atoms with Gasteiger partial charge in [0.2, 0.25) is 0 Å². The number of aliphatic imine (C=N–C) groups is 1. The molecule has 0 unspecified atom stereocenters. The van der Waals surface area contributed by atoms with Gasteiger partial charge in [0.1, 0.15) is 17.0 Å². The molecule has 0 fully saturated rings. The third-order valence-electron chi connectivity index (χ3n) is 10.0. The van der Waals surface area contributed by atoms with Crippen LogP contribution >= 0.6 is 0 Å². The molecule has 1 N–H and O–H groups in total. The molecule has 0 bridgehead atoms. The monoisotopic (exact) mass is 671 g/mol. The third kappa shape index (κ3) is 5.37. The lowest BCUT2D eigenvalue weighted by Crippen LogP contribution is -2.27. The second kappa shape index (κ2) is 12.6. The van der Waals surface area contributed by atoms with Gasteiger partial charge in [0.05, 0.1) is 16.6 Å². The zero-order valence-corrected chi connectivity index (χ0v) is 29.2. The van der Waals surface area contributed by atoms with E-state index in [1.54, 1.807) is 0 Å². The summed E-state index contributed by atoms with van der Waals surface area (Å²) in [6.45, 7) is 8.95. The van der Waals surface area contributed by atoms with E-state index in [4.69, 9.17) is 9.41 Å². The first kappa shape index (κ1) is 31.3. The van der Waals surface area contributed by atoms with E-state index in [-0.39, 0.29) is 0 Å². The minimum absolute atomic E-state index is 0.663. The van der Waals surface area contributed by atoms with Crippen LogP contribution in [0.4, 0.5) is 0 Å². The summed E-state index contributed by atoms with van der Waals surface area (Å²) < 4.78 is 8.82. The second-order valence-corrected chi connectivity index (χ2v) is 13.7. The van der Waals surface area contributed by atoms with Crippen LogP contribution in [-0.4, -0.2) is 10.4 Å². The van der Waals surface area contributed by atoms with Gasteiger partial charge in [0, 0.05) is 49.6 Å². The summed E-state index contributed by atoms with van der Waals surface area (Å²) in [6, 6.07) is 59.1. The first-order valence-electron chi connectivity index (χ1n) is 17.7. The first-order chi connectivity index (χ1) is 25.5. The first-order valence-corrected chi connectivity index (χ1v) is 17.7. The zero-order chi connectivity index (χ0) is 35.2. The number of aromatic nitrogens is 1. The average molecular weight is 672 g/mol. The highest BCUT2D eigenvalue weighted by Crippen LogP contribution is 2.39. The molecule has 0 aliphatic rings. The van der Waals surface area contributed by atoms with E-state index in [0.29, 0.717) is 0 Å². The minimum Gasteiger partial charge on any atom is -0.456 e. The van der Waals surface area contributed by atoms with Gasteiger partial charge in [-0.2, -0.15) is 0 Å². The van der Waals surface area contributed by atoms with Crippen molar-refractivity contribution in [2.45, 2.75) is 19.4 Å². The number of hydrogen-bond acceptors (Lipinski definition) is 2. The van der Waals surface area contributed by atoms with Gasteiger partial charge in [-0.3, -0.25) is 4.99 Å². The summed E-state index contributed by atoms with van der Waals surface area (Å²) in [5.41, 5.74) is 10.5. The van der Waals surface area contributed by atoms with Gasteiger partial charge in [-0.25, -0.2) is 0 Å². The molecular weight excluding hydrogens is 635 g/mol. The molecule has 7 aromatic carbocycles. The fourth-order valence-corrected chi connectivity index (χ4v) is 7.52. The van der Waals surface area contributed by atoms with E-state index in [1.165, 1.54) is 10.9 Å². The van der Waals surface area contributed by atoms with Crippen molar-refractivity contribution >= 4 is 55.3 Å². The van der Waals surface area contributed by atoms with Gasteiger partial charge in [-0.1, -0.05) is 146 Å². The van der Waals surface area contributed by atoms with E-state index in [1.807, 2.05) is 18.2 Å². The summed E-state index contributed by atoms with van der Waals surface area (Å²) in [4.78, 5) is 5.51. The maximum atomic E-state index is 6.49. The zero-order valence-electron chi connectivity index (χ0n) is 29.2. The van der Waals surface area contributed by atoms with Crippen LogP contribution in [0.3, 0.4) is 0 Å². The van der Waals surface area contributed by atoms with Crippen molar-refractivity contribution in [3.05, 3.63) is 193 Å². The number of benzene rings is 7. The molecule has 0 aliphatic carbocycles. The highest BCUT2D eigenvalue weighted by molar-refractivity contribution is 6.15. The number of para-hydroxylation sites is 4. The normalized spacial score (nSPS) is 12.2. The van der Waals surface area contributed by atoms with Crippen LogP contribution in [0.5, 0.6) is 0 Å². The van der Waals surface area contributed by atoms with Crippen LogP contribution < -0.4 is 5.32 Å². The predicted molar refractivity (Wildman–Crippen MR) is 218 cm³/mol. The summed E-state index contributed by atoms with van der Waals surface area (Å²) in [7, 11) is 0. The van der Waals surface area contributed by atoms with E-state index in [0.717, 1.165) is 77.8 Å². The molecule has 2 aromatic heterocycles. The summed E-state index contributed by atoms with van der Waals surface area (Å²) in [6.07, 6.45) is 0. The Hall–Kier alpha value is -6.65. The van der Waals surface area contributed by atoms with Crippen LogP contribution in [0.25, 0.3) is 66.3 Å². The lowest BCUT2D eigenvalue weighted by atomic mass is 9.92. The van der Waals surface area contributed by atoms with Crippen LogP contribution in [0.15, 0.2) is 186 Å². The highest BCUT2D eigenvalue weighted by Gasteiger charge is 2.27. The molecule has 0 saturated heterocycles. The minimum atomic E-state index is -0.663. The van der Waals surface area contributed by atoms with E-state index < -0.39 is 5.54 Å². The largest absolute Gasteiger partial charge is 0.456 e. The summed E-state index contributed by atoms with van der Waals surface area (Å²) in [5.74, 6) is 0.728. The number of amidine groups is 1. The molecule has 9 aromatic rings. The molecule has 52 heavy (non-hydrogen) atoms. The van der Waals surface area contributed by atoms with E-state index in [2.05, 4.69) is 182 Å². The molecular formula is C48H37N3O. The fourth-order valence-electron chi connectivity index (χ4n) is 7.52. The van der Waals surface area contributed by atoms with Crippen molar-refractivity contribution < 1.29 is 4.42 Å². The van der Waals surface area contributed by atoms with Gasteiger partial charge in [0.25, 0.3) is 0 Å². The highest BCUT2D eigenvalue weighted by atomic mass is 16.3. The molecule has 0 aliphatic heterocycles. The topological polar surface area (TPSA) is 42.5 Å². The fraction of sp³-hybridized carbons (Fsp3) is 0.0625. The van der Waals surface area contributed by atoms with Crippen LogP contribution in [0.1, 0.15) is 30.5 Å². The quantitative estimate of drug-likeness (QED) is 0.135. The average Bonchev–Trinajstić information content (AvgIpc) is 3.74. The Labute approximate surface area is 303 Å². The van der Waals surface area contributed by atoms with Crippen LogP contribution in [0.2, 0.25) is 0 Å². The molecule has 0 spiro atoms. The number of rotatable bonds is 7. The number of fused-ring (bicyclic) bond motifs is 6. The molecule has 2 heterocycles. The Kier molecular flexibility index (Phi) is 7.59. The van der Waals surface area contributed by atoms with Crippen molar-refractivity contribution in [2.75, 3.05) is 0 Å². The molecule has 9 rings (SSSR count). The van der Waals surface area contributed by atoms with Crippen molar-refractivity contribution in [3.63, 3.8) is 0 Å². The number of nitrogens with zero attached hydrogens (tertiary/aromatic N) is 2. The van der Waals surface area contributed by atoms with Gasteiger partial charge in [0.15, 0.2) is 0 Å². The second-order valence-electron chi connectivity index (χ2n) is 13.7. The summed E-state index contributed by atoms with van der Waals surface area (Å²) >= 11 is 0. The van der Waals surface area contributed by atoms with Crippen molar-refractivity contribution in [1.29, 1.82) is 0 Å². The third-order valence-corrected chi connectivity index (χ3v) is 10.0. The number of nitrogens with one attached hydrogen (secondary N) is 1. The predicted octanol–water partition coefficient (Wildman–Crippen LogP) is 12.3. The standard InChI is InChI=1S/C48H37N3O/c1-32(37-22-15-26-43-45(37)40-21-10-12-25-42(40)51(43)36-18-8-5-9-19-36)49-47(35-30-28-34(29-31-35)33-16-6-4-7-17-33)50-48(2,3)41-24-14-23-39-38-20-11-13-27-44(38)52-46(39)41/h4-31H,1H2,2-3H3,(H,49,50). The van der Waals surface area contributed by atoms with Gasteiger partial charge in [-0.15, -0.1) is 0 Å². The van der Waals surface area contributed by atoms with E-state index >= 15 is 0 Å². The lowest BCUT2D eigenvalue weighted by molar-refractivity contribution is 0.545. The van der Waals surface area contributed by atoms with E-state index in [9.17, 15) is 0 Å². The van der Waals surface area contributed by atoms with Crippen LogP contribution in [-0.2, 0) is 5.54 Å². The Morgan fingerprint density at radius 3 is 2.00 bits per heavy atom. The molecule has 0 amide bonds. The molecule has 250 valence electrons. The molecule has 4 heteroatoms. The molecule has 0 atom stereocenters. The maximum absolute atomic E-state index is 6.49. The Balaban J connectivity index is 1.19. The van der Waals surface area contributed by atoms with Gasteiger partial charge >= 0.3 is 0 Å². The maximum Gasteiger partial charge on any atom is 0.141 e. The van der Waals surface area contributed by atoms with Crippen molar-refractivity contribution in [1.82, 2.24) is 9.88 Å². The number of furan rings is 1. The van der Waals surface area contributed by atoms with Gasteiger partial charge < -0.3 is 14.3 Å². The van der Waals surface area contributed by atoms with Crippen molar-refractivity contribution in [2.24, 2.45) is 4.99 Å². The number of hydrogen-bond donors (Lipinski definition) is 1. The van der Waals surface area contributed by atoms with Crippen LogP contribution in [0, 0.1) is 0 Å². The van der Waals surface area contributed by atoms with Gasteiger partial charge in [-0.05, 0) is 55.3 Å².